The summed E-state index contributed by atoms with van der Waals surface area (Å²) in [6, 6.07) is 0. The van der Waals surface area contributed by atoms with E-state index >= 15 is 0 Å². The van der Waals surface area contributed by atoms with Crippen molar-refractivity contribution in [2.75, 3.05) is 0 Å². The van der Waals surface area contributed by atoms with Gasteiger partial charge in [0, 0.05) is 16.8 Å². The van der Waals surface area contributed by atoms with E-state index in [4.69, 9.17) is 4.74 Å². The first-order chi connectivity index (χ1) is 9.22. The predicted molar refractivity (Wildman–Crippen MR) is 83.5 cm³/mol. The van der Waals surface area contributed by atoms with Gasteiger partial charge in [0.2, 0.25) is 0 Å². The molecule has 1 heterocycles. The normalized spacial score (nSPS) is 22.2. The average Bonchev–Trinajstić information content (AvgIpc) is 2.67. The monoisotopic (exact) mass is 295 g/mol. The molecule has 3 nitrogen and oxygen atoms in total. The van der Waals surface area contributed by atoms with Crippen LogP contribution in [0.5, 0.6) is 0 Å². The third-order valence-corrected chi connectivity index (χ3v) is 4.81. The minimum Gasteiger partial charge on any atom is -0.444 e. The van der Waals surface area contributed by atoms with Crippen molar-refractivity contribution in [3.8, 4) is 0 Å². The van der Waals surface area contributed by atoms with Gasteiger partial charge in [-0.2, -0.15) is 0 Å². The van der Waals surface area contributed by atoms with Gasteiger partial charge in [-0.05, 0) is 63.5 Å². The molecule has 1 aromatic heterocycles. The summed E-state index contributed by atoms with van der Waals surface area (Å²) in [5.41, 5.74) is 2.36. The van der Waals surface area contributed by atoms with E-state index in [2.05, 4.69) is 24.5 Å². The van der Waals surface area contributed by atoms with Gasteiger partial charge in [-0.25, -0.2) is 4.79 Å². The molecule has 0 saturated carbocycles. The van der Waals surface area contributed by atoms with E-state index in [0.717, 1.165) is 25.7 Å². The molecule has 4 heteroatoms. The Morgan fingerprint density at radius 1 is 1.50 bits per heavy atom. The van der Waals surface area contributed by atoms with Crippen molar-refractivity contribution in [3.05, 3.63) is 21.4 Å². The molecule has 0 aromatic carbocycles. The van der Waals surface area contributed by atoms with E-state index in [0.29, 0.717) is 0 Å². The molecule has 0 aliphatic heterocycles. The highest BCUT2D eigenvalue weighted by Gasteiger charge is 2.34. The highest BCUT2D eigenvalue weighted by Crippen LogP contribution is 2.35. The number of rotatable bonds is 2. The Hall–Kier alpha value is -1.03. The summed E-state index contributed by atoms with van der Waals surface area (Å²) in [7, 11) is 0. The lowest BCUT2D eigenvalue weighted by atomic mass is 9.82. The lowest BCUT2D eigenvalue weighted by Crippen LogP contribution is -2.51. The third-order valence-electron chi connectivity index (χ3n) is 3.73. The number of hydrogen-bond acceptors (Lipinski definition) is 3. The molecule has 1 amide bonds. The summed E-state index contributed by atoms with van der Waals surface area (Å²) in [5, 5.41) is 5.33. The van der Waals surface area contributed by atoms with E-state index in [1.54, 1.807) is 0 Å². The lowest BCUT2D eigenvalue weighted by Gasteiger charge is -2.35. The van der Waals surface area contributed by atoms with E-state index < -0.39 is 5.60 Å². The zero-order valence-corrected chi connectivity index (χ0v) is 13.9. The molecule has 2 rings (SSSR count). The number of aryl methyl sites for hydroxylation is 1. The van der Waals surface area contributed by atoms with Gasteiger partial charge in [0.15, 0.2) is 0 Å². The van der Waals surface area contributed by atoms with Crippen molar-refractivity contribution in [3.63, 3.8) is 0 Å². The summed E-state index contributed by atoms with van der Waals surface area (Å²) in [5.74, 6) is 0. The quantitative estimate of drug-likeness (QED) is 0.892. The molecular formula is C16H25NO2S. The molecule has 1 aliphatic rings. The molecule has 1 aliphatic carbocycles. The summed E-state index contributed by atoms with van der Waals surface area (Å²) in [4.78, 5) is 13.4. The van der Waals surface area contributed by atoms with Crippen LogP contribution in [0.2, 0.25) is 0 Å². The van der Waals surface area contributed by atoms with Crippen LogP contribution in [0.25, 0.3) is 0 Å². The first-order valence-electron chi connectivity index (χ1n) is 7.32. The van der Waals surface area contributed by atoms with E-state index in [-0.39, 0.29) is 11.6 Å². The van der Waals surface area contributed by atoms with Gasteiger partial charge in [-0.3, -0.25) is 0 Å². The molecule has 1 aromatic rings. The fraction of sp³-hybridized carbons (Fsp3) is 0.688. The summed E-state index contributed by atoms with van der Waals surface area (Å²) in [6.45, 7) is 9.99. The zero-order valence-electron chi connectivity index (χ0n) is 13.1. The smallest absolute Gasteiger partial charge is 0.408 e. The number of fused-ring (bicyclic) bond motifs is 1. The molecule has 0 bridgehead atoms. The van der Waals surface area contributed by atoms with E-state index in [9.17, 15) is 4.79 Å². The van der Waals surface area contributed by atoms with Gasteiger partial charge in [-0.1, -0.05) is 6.92 Å². The number of carbonyl (C=O) groups is 1. The number of ether oxygens (including phenoxy) is 1. The minimum atomic E-state index is -0.446. The van der Waals surface area contributed by atoms with Crippen molar-refractivity contribution in [2.45, 2.75) is 71.4 Å². The van der Waals surface area contributed by atoms with Crippen molar-refractivity contribution in [1.82, 2.24) is 5.32 Å². The standard InChI is InChI=1S/C16H25NO2S/c1-6-11-10-20-13-9-16(5,8-7-12(11)13)17-14(18)19-15(2,3)4/h10H,6-9H2,1-5H3,(H,17,18). The second-order valence-electron chi connectivity index (χ2n) is 6.88. The third kappa shape index (κ3) is 3.54. The molecule has 0 radical (unpaired) electrons. The highest BCUT2D eigenvalue weighted by molar-refractivity contribution is 7.10. The van der Waals surface area contributed by atoms with Crippen LogP contribution in [0.3, 0.4) is 0 Å². The summed E-state index contributed by atoms with van der Waals surface area (Å²) < 4.78 is 5.37. The molecule has 112 valence electrons. The highest BCUT2D eigenvalue weighted by atomic mass is 32.1. The molecule has 20 heavy (non-hydrogen) atoms. The maximum Gasteiger partial charge on any atom is 0.408 e. The van der Waals surface area contributed by atoms with Crippen molar-refractivity contribution in [1.29, 1.82) is 0 Å². The average molecular weight is 295 g/mol. The topological polar surface area (TPSA) is 38.3 Å². The molecular weight excluding hydrogens is 270 g/mol. The van der Waals surface area contributed by atoms with Gasteiger partial charge in [0.05, 0.1) is 0 Å². The largest absolute Gasteiger partial charge is 0.444 e. The van der Waals surface area contributed by atoms with Gasteiger partial charge in [-0.15, -0.1) is 11.3 Å². The van der Waals surface area contributed by atoms with Crippen LogP contribution >= 0.6 is 11.3 Å². The minimum absolute atomic E-state index is 0.189. The first kappa shape index (κ1) is 15.4. The van der Waals surface area contributed by atoms with Crippen LogP contribution in [0.1, 0.15) is 57.0 Å². The SMILES string of the molecule is CCc1csc2c1CCC(C)(NC(=O)OC(C)(C)C)C2. The number of alkyl carbamates (subject to hydrolysis) is 1. The van der Waals surface area contributed by atoms with Crippen LogP contribution in [0, 0.1) is 0 Å². The second-order valence-corrected chi connectivity index (χ2v) is 7.84. The number of thiophene rings is 1. The Labute approximate surface area is 125 Å². The van der Waals surface area contributed by atoms with Gasteiger partial charge < -0.3 is 10.1 Å². The van der Waals surface area contributed by atoms with Crippen molar-refractivity contribution in [2.24, 2.45) is 0 Å². The Kier molecular flexibility index (Phi) is 4.14. The van der Waals surface area contributed by atoms with Gasteiger partial charge in [0.25, 0.3) is 0 Å². The molecule has 1 N–H and O–H groups in total. The van der Waals surface area contributed by atoms with Crippen LogP contribution in [-0.2, 0) is 24.0 Å². The van der Waals surface area contributed by atoms with Gasteiger partial charge in [0.1, 0.15) is 5.60 Å². The Morgan fingerprint density at radius 3 is 2.80 bits per heavy atom. The number of nitrogens with one attached hydrogen (secondary N) is 1. The van der Waals surface area contributed by atoms with E-state index in [1.165, 1.54) is 16.0 Å². The Bertz CT molecular complexity index is 501. The molecule has 0 fully saturated rings. The Balaban J connectivity index is 2.05. The molecule has 0 spiro atoms. The molecule has 1 atom stereocenters. The lowest BCUT2D eigenvalue weighted by molar-refractivity contribution is 0.0455. The summed E-state index contributed by atoms with van der Waals surface area (Å²) in [6.07, 6.45) is 3.72. The maximum absolute atomic E-state index is 12.0. The first-order valence-corrected chi connectivity index (χ1v) is 8.20. The van der Waals surface area contributed by atoms with Crippen LogP contribution in [0.4, 0.5) is 4.79 Å². The number of carbonyl (C=O) groups excluding carboxylic acids is 1. The number of hydrogen-bond donors (Lipinski definition) is 1. The zero-order chi connectivity index (χ0) is 15.0. The van der Waals surface area contributed by atoms with Crippen LogP contribution in [-0.4, -0.2) is 17.2 Å². The van der Waals surface area contributed by atoms with Crippen LogP contribution < -0.4 is 5.32 Å². The predicted octanol–water partition coefficient (Wildman–Crippen LogP) is 4.08. The van der Waals surface area contributed by atoms with Crippen LogP contribution in [0.15, 0.2) is 5.38 Å². The maximum atomic E-state index is 12.0. The number of amides is 1. The molecule has 0 saturated heterocycles. The van der Waals surface area contributed by atoms with Crippen molar-refractivity contribution < 1.29 is 9.53 Å². The fourth-order valence-corrected chi connectivity index (χ4v) is 4.08. The van der Waals surface area contributed by atoms with E-state index in [1.807, 2.05) is 32.1 Å². The Morgan fingerprint density at radius 2 is 2.20 bits per heavy atom. The van der Waals surface area contributed by atoms with Crippen molar-refractivity contribution >= 4 is 17.4 Å². The summed E-state index contributed by atoms with van der Waals surface area (Å²) >= 11 is 1.83. The second kappa shape index (κ2) is 5.40. The fourth-order valence-electron chi connectivity index (χ4n) is 2.71. The molecule has 1 unspecified atom stereocenters. The van der Waals surface area contributed by atoms with Gasteiger partial charge >= 0.3 is 6.09 Å².